The molecule has 0 bridgehead atoms. The first-order chi connectivity index (χ1) is 13.1. The van der Waals surface area contributed by atoms with Gasteiger partial charge in [-0.3, -0.25) is 5.10 Å². The summed E-state index contributed by atoms with van der Waals surface area (Å²) in [6.45, 7) is 6.33. The number of anilines is 1. The number of aryl methyl sites for hydroxylation is 1. The summed E-state index contributed by atoms with van der Waals surface area (Å²) in [5.74, 6) is 2.49. The largest absolute Gasteiger partial charge is 0.358 e. The fourth-order valence-corrected chi connectivity index (χ4v) is 2.93. The van der Waals surface area contributed by atoms with Crippen molar-refractivity contribution in [3.8, 4) is 11.6 Å². The van der Waals surface area contributed by atoms with Crippen molar-refractivity contribution in [1.29, 1.82) is 0 Å². The SMILES string of the molecule is Cc1ccc2ncnc(NC(CC(C)C)c3nc(-c4ncn[nH]4)no3)c2c1. The average molecular weight is 364 g/mol. The first-order valence-electron chi connectivity index (χ1n) is 8.77. The highest BCUT2D eigenvalue weighted by atomic mass is 16.5. The molecule has 1 unspecified atom stereocenters. The van der Waals surface area contributed by atoms with Crippen LogP contribution in [0.2, 0.25) is 0 Å². The number of benzene rings is 1. The van der Waals surface area contributed by atoms with Crippen LogP contribution in [0.15, 0.2) is 35.4 Å². The maximum Gasteiger partial charge on any atom is 0.249 e. The van der Waals surface area contributed by atoms with Gasteiger partial charge in [0.05, 0.1) is 5.52 Å². The summed E-state index contributed by atoms with van der Waals surface area (Å²) in [7, 11) is 0. The van der Waals surface area contributed by atoms with Crippen LogP contribution >= 0.6 is 0 Å². The molecule has 9 heteroatoms. The number of aromatic nitrogens is 7. The number of nitrogens with zero attached hydrogens (tertiary/aromatic N) is 6. The minimum absolute atomic E-state index is 0.187. The molecule has 0 aliphatic rings. The highest BCUT2D eigenvalue weighted by Gasteiger charge is 2.23. The molecule has 1 atom stereocenters. The van der Waals surface area contributed by atoms with Crippen molar-refractivity contribution in [1.82, 2.24) is 35.3 Å². The van der Waals surface area contributed by atoms with Crippen LogP contribution in [0.4, 0.5) is 5.82 Å². The molecule has 0 radical (unpaired) electrons. The lowest BCUT2D eigenvalue weighted by Gasteiger charge is -2.18. The Labute approximate surface area is 155 Å². The fourth-order valence-electron chi connectivity index (χ4n) is 2.93. The van der Waals surface area contributed by atoms with E-state index in [2.05, 4.69) is 60.5 Å². The molecular formula is C18H20N8O. The Morgan fingerprint density at radius 1 is 1.15 bits per heavy atom. The molecule has 27 heavy (non-hydrogen) atoms. The number of aromatic amines is 1. The molecule has 0 saturated heterocycles. The molecule has 3 heterocycles. The third-order valence-electron chi connectivity index (χ3n) is 4.18. The monoisotopic (exact) mass is 364 g/mol. The molecule has 2 N–H and O–H groups in total. The zero-order valence-electron chi connectivity index (χ0n) is 15.3. The van der Waals surface area contributed by atoms with Gasteiger partial charge in [-0.15, -0.1) is 0 Å². The van der Waals surface area contributed by atoms with Gasteiger partial charge in [0.2, 0.25) is 11.7 Å². The summed E-state index contributed by atoms with van der Waals surface area (Å²) in [5, 5.41) is 15.0. The second kappa shape index (κ2) is 7.10. The Bertz CT molecular complexity index is 1040. The van der Waals surface area contributed by atoms with E-state index >= 15 is 0 Å². The molecule has 4 aromatic rings. The lowest BCUT2D eigenvalue weighted by molar-refractivity contribution is 0.344. The van der Waals surface area contributed by atoms with Gasteiger partial charge in [-0.2, -0.15) is 10.1 Å². The van der Waals surface area contributed by atoms with Gasteiger partial charge >= 0.3 is 0 Å². The van der Waals surface area contributed by atoms with E-state index < -0.39 is 0 Å². The first-order valence-corrected chi connectivity index (χ1v) is 8.77. The van der Waals surface area contributed by atoms with E-state index in [1.54, 1.807) is 6.33 Å². The van der Waals surface area contributed by atoms with E-state index in [0.717, 1.165) is 28.7 Å². The molecule has 0 aliphatic heterocycles. The minimum Gasteiger partial charge on any atom is -0.358 e. The zero-order chi connectivity index (χ0) is 18.8. The second-order valence-electron chi connectivity index (χ2n) is 6.86. The van der Waals surface area contributed by atoms with Crippen LogP contribution in [0.25, 0.3) is 22.6 Å². The van der Waals surface area contributed by atoms with Crippen molar-refractivity contribution in [3.05, 3.63) is 42.3 Å². The molecule has 1 aromatic carbocycles. The van der Waals surface area contributed by atoms with E-state index in [1.165, 1.54) is 6.33 Å². The molecule has 4 rings (SSSR count). The van der Waals surface area contributed by atoms with Crippen LogP contribution in [0, 0.1) is 12.8 Å². The third kappa shape index (κ3) is 3.62. The topological polar surface area (TPSA) is 118 Å². The normalized spacial score (nSPS) is 12.6. The van der Waals surface area contributed by atoms with Gasteiger partial charge in [-0.25, -0.2) is 15.0 Å². The first kappa shape index (κ1) is 17.1. The predicted molar refractivity (Wildman–Crippen MR) is 99.8 cm³/mol. The smallest absolute Gasteiger partial charge is 0.249 e. The van der Waals surface area contributed by atoms with Crippen molar-refractivity contribution in [2.75, 3.05) is 5.32 Å². The summed E-state index contributed by atoms with van der Waals surface area (Å²) in [6, 6.07) is 5.90. The molecule has 0 amide bonds. The van der Waals surface area contributed by atoms with Crippen LogP contribution in [-0.2, 0) is 0 Å². The zero-order valence-corrected chi connectivity index (χ0v) is 15.3. The van der Waals surface area contributed by atoms with Gasteiger partial charge in [0, 0.05) is 5.39 Å². The summed E-state index contributed by atoms with van der Waals surface area (Å²) >= 11 is 0. The van der Waals surface area contributed by atoms with Gasteiger partial charge < -0.3 is 9.84 Å². The number of H-pyrrole nitrogens is 1. The highest BCUT2D eigenvalue weighted by molar-refractivity contribution is 5.89. The lowest BCUT2D eigenvalue weighted by atomic mass is 10.0. The van der Waals surface area contributed by atoms with E-state index in [1.807, 2.05) is 19.1 Å². The van der Waals surface area contributed by atoms with Crippen molar-refractivity contribution < 1.29 is 4.52 Å². The number of nitrogens with one attached hydrogen (secondary N) is 2. The van der Waals surface area contributed by atoms with E-state index in [9.17, 15) is 0 Å². The van der Waals surface area contributed by atoms with E-state index in [-0.39, 0.29) is 6.04 Å². The Hall–Kier alpha value is -3.36. The molecule has 0 spiro atoms. The highest BCUT2D eigenvalue weighted by Crippen LogP contribution is 2.28. The van der Waals surface area contributed by atoms with Gasteiger partial charge in [0.1, 0.15) is 24.5 Å². The van der Waals surface area contributed by atoms with Crippen LogP contribution in [0.1, 0.15) is 37.8 Å². The van der Waals surface area contributed by atoms with Crippen molar-refractivity contribution in [3.63, 3.8) is 0 Å². The maximum absolute atomic E-state index is 5.50. The molecule has 0 fully saturated rings. The van der Waals surface area contributed by atoms with Crippen LogP contribution in [0.3, 0.4) is 0 Å². The predicted octanol–water partition coefficient (Wildman–Crippen LogP) is 3.31. The minimum atomic E-state index is -0.187. The Balaban J connectivity index is 1.69. The molecule has 3 aromatic heterocycles. The van der Waals surface area contributed by atoms with Crippen molar-refractivity contribution >= 4 is 16.7 Å². The molecule has 9 nitrogen and oxygen atoms in total. The Morgan fingerprint density at radius 2 is 2.04 bits per heavy atom. The standard InChI is InChI=1S/C18H20N8O/c1-10(2)6-14(18-24-17(26-27-18)16-21-9-22-25-16)23-15-12-7-11(3)4-5-13(12)19-8-20-15/h4-5,7-10,14H,6H2,1-3H3,(H,19,20,23)(H,21,22,25). The second-order valence-corrected chi connectivity index (χ2v) is 6.86. The fraction of sp³-hybridized carbons (Fsp3) is 0.333. The van der Waals surface area contributed by atoms with Gasteiger partial charge in [-0.1, -0.05) is 30.6 Å². The van der Waals surface area contributed by atoms with Crippen molar-refractivity contribution in [2.24, 2.45) is 5.92 Å². The number of fused-ring (bicyclic) bond motifs is 1. The summed E-state index contributed by atoms with van der Waals surface area (Å²) in [5.41, 5.74) is 2.03. The summed E-state index contributed by atoms with van der Waals surface area (Å²) in [4.78, 5) is 17.3. The van der Waals surface area contributed by atoms with Gasteiger partial charge in [0.15, 0.2) is 5.82 Å². The lowest BCUT2D eigenvalue weighted by Crippen LogP contribution is -2.15. The van der Waals surface area contributed by atoms with Gasteiger partial charge in [-0.05, 0) is 31.4 Å². The third-order valence-corrected chi connectivity index (χ3v) is 4.18. The maximum atomic E-state index is 5.50. The number of hydrogen-bond donors (Lipinski definition) is 2. The summed E-state index contributed by atoms with van der Waals surface area (Å²) in [6.07, 6.45) is 3.76. The Kier molecular flexibility index (Phi) is 4.49. The number of rotatable bonds is 6. The molecular weight excluding hydrogens is 344 g/mol. The van der Waals surface area contributed by atoms with Crippen LogP contribution < -0.4 is 5.32 Å². The Morgan fingerprint density at radius 3 is 2.81 bits per heavy atom. The summed E-state index contributed by atoms with van der Waals surface area (Å²) < 4.78 is 5.50. The molecule has 0 saturated carbocycles. The molecule has 138 valence electrons. The average Bonchev–Trinajstić information content (AvgIpc) is 3.33. The van der Waals surface area contributed by atoms with Gasteiger partial charge in [0.25, 0.3) is 0 Å². The van der Waals surface area contributed by atoms with Crippen LogP contribution in [0.5, 0.6) is 0 Å². The molecule has 0 aliphatic carbocycles. The van der Waals surface area contributed by atoms with Crippen LogP contribution in [-0.4, -0.2) is 35.3 Å². The van der Waals surface area contributed by atoms with Crippen molar-refractivity contribution in [2.45, 2.75) is 33.2 Å². The van der Waals surface area contributed by atoms with E-state index in [4.69, 9.17) is 4.52 Å². The quantitative estimate of drug-likeness (QED) is 0.535. The number of hydrogen-bond acceptors (Lipinski definition) is 8. The van der Waals surface area contributed by atoms with E-state index in [0.29, 0.717) is 23.5 Å².